The van der Waals surface area contributed by atoms with Crippen molar-refractivity contribution in [1.29, 1.82) is 0 Å². The first-order valence-electron chi connectivity index (χ1n) is 8.98. The number of nitrogens with zero attached hydrogens (tertiary/aromatic N) is 2. The Hall–Kier alpha value is -3.26. The quantitative estimate of drug-likeness (QED) is 0.618. The Labute approximate surface area is 168 Å². The normalized spacial score (nSPS) is 16.5. The Kier molecular flexibility index (Phi) is 5.02. The van der Waals surface area contributed by atoms with Crippen LogP contribution in [-0.4, -0.2) is 17.1 Å². The monoisotopic (exact) mass is 412 g/mol. The number of hydrogen-bond donors (Lipinski definition) is 0. The number of benzene rings is 1. The molecule has 3 aromatic rings. The molecule has 29 heavy (non-hydrogen) atoms. The Balaban J connectivity index is 1.97. The van der Waals surface area contributed by atoms with Crippen LogP contribution in [0.4, 0.5) is 4.39 Å². The molecule has 0 bridgehead atoms. The van der Waals surface area contributed by atoms with Crippen LogP contribution in [0.15, 0.2) is 68.1 Å². The molecule has 0 spiro atoms. The minimum atomic E-state index is -0.760. The van der Waals surface area contributed by atoms with Crippen molar-refractivity contribution < 1.29 is 18.3 Å². The highest BCUT2D eigenvalue weighted by Gasteiger charge is 2.33. The molecule has 0 radical (unpaired) electrons. The van der Waals surface area contributed by atoms with Crippen LogP contribution in [0.2, 0.25) is 0 Å². The smallest absolute Gasteiger partial charge is 0.338 e. The molecule has 148 valence electrons. The lowest BCUT2D eigenvalue weighted by Crippen LogP contribution is -2.39. The van der Waals surface area contributed by atoms with Gasteiger partial charge in [0.05, 0.1) is 34.7 Å². The Morgan fingerprint density at radius 2 is 2.10 bits per heavy atom. The molecule has 3 heterocycles. The molecular weight excluding hydrogens is 395 g/mol. The van der Waals surface area contributed by atoms with Gasteiger partial charge in [-0.1, -0.05) is 23.5 Å². The SMILES string of the molecule is CCOC(=O)C1=C(C)N=c2s/c(=C/c3ccco3)c(=O)n2[C@@H]1c1ccc(F)cc1. The zero-order valence-corrected chi connectivity index (χ0v) is 16.5. The maximum atomic E-state index is 13.5. The first-order valence-corrected chi connectivity index (χ1v) is 9.80. The van der Waals surface area contributed by atoms with Gasteiger partial charge in [-0.15, -0.1) is 0 Å². The summed E-state index contributed by atoms with van der Waals surface area (Å²) in [6.45, 7) is 3.60. The summed E-state index contributed by atoms with van der Waals surface area (Å²) in [7, 11) is 0. The summed E-state index contributed by atoms with van der Waals surface area (Å²) in [6, 6.07) is 8.42. The Bertz CT molecular complexity index is 1270. The number of esters is 1. The van der Waals surface area contributed by atoms with Crippen molar-refractivity contribution in [3.8, 4) is 0 Å². The van der Waals surface area contributed by atoms with Gasteiger partial charge in [0, 0.05) is 6.08 Å². The van der Waals surface area contributed by atoms with Gasteiger partial charge in [0.15, 0.2) is 4.80 Å². The van der Waals surface area contributed by atoms with Crippen molar-refractivity contribution in [2.75, 3.05) is 6.61 Å². The van der Waals surface area contributed by atoms with E-state index in [0.29, 0.717) is 26.4 Å². The van der Waals surface area contributed by atoms with Gasteiger partial charge in [-0.2, -0.15) is 0 Å². The Morgan fingerprint density at radius 1 is 1.34 bits per heavy atom. The number of halogens is 1. The molecule has 0 unspecified atom stereocenters. The summed E-state index contributed by atoms with van der Waals surface area (Å²) in [5.74, 6) is -0.421. The van der Waals surface area contributed by atoms with Crippen LogP contribution >= 0.6 is 11.3 Å². The van der Waals surface area contributed by atoms with E-state index in [1.807, 2.05) is 0 Å². The van der Waals surface area contributed by atoms with Gasteiger partial charge in [0.25, 0.3) is 5.56 Å². The molecule has 1 aliphatic rings. The fraction of sp³-hybridized carbons (Fsp3) is 0.190. The number of aromatic nitrogens is 1. The van der Waals surface area contributed by atoms with Crippen molar-refractivity contribution in [1.82, 2.24) is 4.57 Å². The average molecular weight is 412 g/mol. The summed E-state index contributed by atoms with van der Waals surface area (Å²) < 4.78 is 25.9. The predicted molar refractivity (Wildman–Crippen MR) is 106 cm³/mol. The number of carbonyl (C=O) groups is 1. The number of furan rings is 1. The number of ether oxygens (including phenoxy) is 1. The number of fused-ring (bicyclic) bond motifs is 1. The molecule has 1 atom stereocenters. The highest BCUT2D eigenvalue weighted by molar-refractivity contribution is 7.07. The predicted octanol–water partition coefficient (Wildman–Crippen LogP) is 2.53. The molecular formula is C21H17FN2O4S. The maximum absolute atomic E-state index is 13.5. The molecule has 0 amide bonds. The van der Waals surface area contributed by atoms with Crippen molar-refractivity contribution in [2.24, 2.45) is 4.99 Å². The molecule has 0 fully saturated rings. The van der Waals surface area contributed by atoms with Gasteiger partial charge in [-0.05, 0) is 43.7 Å². The Morgan fingerprint density at radius 3 is 2.76 bits per heavy atom. The molecule has 8 heteroatoms. The molecule has 6 nitrogen and oxygen atoms in total. The third kappa shape index (κ3) is 3.47. The van der Waals surface area contributed by atoms with E-state index in [1.54, 1.807) is 44.2 Å². The lowest BCUT2D eigenvalue weighted by atomic mass is 9.96. The summed E-state index contributed by atoms with van der Waals surface area (Å²) in [5, 5.41) is 0. The van der Waals surface area contributed by atoms with E-state index in [4.69, 9.17) is 9.15 Å². The summed E-state index contributed by atoms with van der Waals surface area (Å²) >= 11 is 1.20. The van der Waals surface area contributed by atoms with Gasteiger partial charge < -0.3 is 9.15 Å². The maximum Gasteiger partial charge on any atom is 0.338 e. The van der Waals surface area contributed by atoms with Gasteiger partial charge in [0.1, 0.15) is 11.6 Å². The second-order valence-corrected chi connectivity index (χ2v) is 7.38. The van der Waals surface area contributed by atoms with Crippen LogP contribution < -0.4 is 14.9 Å². The van der Waals surface area contributed by atoms with Crippen LogP contribution in [0.25, 0.3) is 6.08 Å². The van der Waals surface area contributed by atoms with Gasteiger partial charge >= 0.3 is 5.97 Å². The second-order valence-electron chi connectivity index (χ2n) is 6.37. The van der Waals surface area contributed by atoms with Crippen LogP contribution in [0, 0.1) is 5.82 Å². The minimum absolute atomic E-state index is 0.189. The van der Waals surface area contributed by atoms with Crippen LogP contribution in [0.1, 0.15) is 31.2 Å². The molecule has 1 aromatic carbocycles. The highest BCUT2D eigenvalue weighted by Crippen LogP contribution is 2.30. The highest BCUT2D eigenvalue weighted by atomic mass is 32.1. The van der Waals surface area contributed by atoms with E-state index in [9.17, 15) is 14.0 Å². The first-order chi connectivity index (χ1) is 14.0. The number of thiazole rings is 1. The third-order valence-electron chi connectivity index (χ3n) is 4.52. The van der Waals surface area contributed by atoms with E-state index < -0.39 is 17.8 Å². The van der Waals surface area contributed by atoms with Gasteiger partial charge in [-0.3, -0.25) is 9.36 Å². The summed E-state index contributed by atoms with van der Waals surface area (Å²) in [5.41, 5.74) is 1.00. The second kappa shape index (κ2) is 7.63. The minimum Gasteiger partial charge on any atom is -0.465 e. The molecule has 0 saturated carbocycles. The summed E-state index contributed by atoms with van der Waals surface area (Å²) in [6.07, 6.45) is 3.15. The third-order valence-corrected chi connectivity index (χ3v) is 5.50. The first kappa shape index (κ1) is 19.1. The molecule has 0 saturated heterocycles. The van der Waals surface area contributed by atoms with Gasteiger partial charge in [0.2, 0.25) is 0 Å². The average Bonchev–Trinajstić information content (AvgIpc) is 3.30. The molecule has 1 aliphatic heterocycles. The number of carbonyl (C=O) groups excluding carboxylic acids is 1. The number of allylic oxidation sites excluding steroid dienone is 1. The van der Waals surface area contributed by atoms with Crippen LogP contribution in [-0.2, 0) is 9.53 Å². The standard InChI is InChI=1S/C21H17FN2O4S/c1-3-27-20(26)17-12(2)23-21-24(18(17)13-6-8-14(22)9-7-13)19(25)16(29-21)11-15-5-4-10-28-15/h4-11,18H,3H2,1-2H3/b16-11+/t18-/m1/s1. The van der Waals surface area contributed by atoms with E-state index in [0.717, 1.165) is 0 Å². The largest absolute Gasteiger partial charge is 0.465 e. The number of hydrogen-bond acceptors (Lipinski definition) is 6. The van der Waals surface area contributed by atoms with Crippen molar-refractivity contribution in [3.05, 3.63) is 90.8 Å². The van der Waals surface area contributed by atoms with Crippen molar-refractivity contribution >= 4 is 23.4 Å². The fourth-order valence-electron chi connectivity index (χ4n) is 3.25. The van der Waals surface area contributed by atoms with Crippen molar-refractivity contribution in [2.45, 2.75) is 19.9 Å². The molecule has 0 aliphatic carbocycles. The van der Waals surface area contributed by atoms with Crippen LogP contribution in [0.5, 0.6) is 0 Å². The van der Waals surface area contributed by atoms with E-state index in [1.165, 1.54) is 34.3 Å². The van der Waals surface area contributed by atoms with E-state index in [-0.39, 0.29) is 17.7 Å². The zero-order chi connectivity index (χ0) is 20.5. The van der Waals surface area contributed by atoms with Crippen LogP contribution in [0.3, 0.4) is 0 Å². The molecule has 4 rings (SSSR count). The van der Waals surface area contributed by atoms with E-state index in [2.05, 4.69) is 4.99 Å². The number of rotatable bonds is 4. The molecule has 0 N–H and O–H groups in total. The lowest BCUT2D eigenvalue weighted by Gasteiger charge is -2.24. The fourth-order valence-corrected chi connectivity index (χ4v) is 4.28. The van der Waals surface area contributed by atoms with Gasteiger partial charge in [-0.25, -0.2) is 14.2 Å². The topological polar surface area (TPSA) is 73.8 Å². The summed E-state index contributed by atoms with van der Waals surface area (Å²) in [4.78, 5) is 30.8. The van der Waals surface area contributed by atoms with E-state index >= 15 is 0 Å². The van der Waals surface area contributed by atoms with Crippen molar-refractivity contribution in [3.63, 3.8) is 0 Å². The lowest BCUT2D eigenvalue weighted by molar-refractivity contribution is -0.139. The molecule has 2 aromatic heterocycles. The zero-order valence-electron chi connectivity index (χ0n) is 15.7.